The van der Waals surface area contributed by atoms with E-state index in [9.17, 15) is 18.0 Å². The topological polar surface area (TPSA) is 81.6 Å². The number of nitrogens with zero attached hydrogens (tertiary/aromatic N) is 2. The van der Waals surface area contributed by atoms with Crippen LogP contribution in [0.25, 0.3) is 0 Å². The maximum absolute atomic E-state index is 12.4. The van der Waals surface area contributed by atoms with Crippen LogP contribution in [-0.4, -0.2) is 16.1 Å². The van der Waals surface area contributed by atoms with Crippen molar-refractivity contribution in [2.24, 2.45) is 0 Å². The Morgan fingerprint density at radius 2 is 1.95 bits per heavy atom. The summed E-state index contributed by atoms with van der Waals surface area (Å²) in [5.41, 5.74) is -0.671. The summed E-state index contributed by atoms with van der Waals surface area (Å²) in [6, 6.07) is 5.54. The number of nitriles is 1. The van der Waals surface area contributed by atoms with Gasteiger partial charge in [-0.2, -0.15) is 23.5 Å². The lowest BCUT2D eigenvalue weighted by Gasteiger charge is -2.07. The predicted octanol–water partition coefficient (Wildman–Crippen LogP) is 2.55. The first-order valence-corrected chi connectivity index (χ1v) is 5.34. The van der Waals surface area contributed by atoms with Crippen molar-refractivity contribution in [1.82, 2.24) is 10.2 Å². The van der Waals surface area contributed by atoms with Crippen LogP contribution in [0.4, 0.5) is 19.0 Å². The molecule has 0 bridgehead atoms. The highest BCUT2D eigenvalue weighted by Gasteiger charge is 2.30. The third-order valence-electron chi connectivity index (χ3n) is 2.47. The fourth-order valence-corrected chi connectivity index (χ4v) is 1.46. The molecule has 2 N–H and O–H groups in total. The highest BCUT2D eigenvalue weighted by atomic mass is 19.4. The van der Waals surface area contributed by atoms with Crippen LogP contribution >= 0.6 is 0 Å². The molecular formula is C12H7F3N4O. The van der Waals surface area contributed by atoms with E-state index in [4.69, 9.17) is 5.26 Å². The minimum atomic E-state index is -4.45. The van der Waals surface area contributed by atoms with Gasteiger partial charge in [-0.05, 0) is 24.3 Å². The molecule has 8 heteroatoms. The van der Waals surface area contributed by atoms with Gasteiger partial charge in [0.2, 0.25) is 0 Å². The number of benzene rings is 1. The Bertz CT molecular complexity index is 667. The number of alkyl halides is 3. The van der Waals surface area contributed by atoms with Gasteiger partial charge >= 0.3 is 6.18 Å². The van der Waals surface area contributed by atoms with E-state index in [-0.39, 0.29) is 16.9 Å². The van der Waals surface area contributed by atoms with E-state index < -0.39 is 17.6 Å². The van der Waals surface area contributed by atoms with Crippen LogP contribution in [0.5, 0.6) is 0 Å². The first kappa shape index (κ1) is 13.6. The van der Waals surface area contributed by atoms with Gasteiger partial charge in [-0.3, -0.25) is 9.89 Å². The summed E-state index contributed by atoms with van der Waals surface area (Å²) in [7, 11) is 0. The normalized spacial score (nSPS) is 10.9. The number of carbonyl (C=O) groups is 1. The van der Waals surface area contributed by atoms with E-state index >= 15 is 0 Å². The van der Waals surface area contributed by atoms with Crippen LogP contribution in [-0.2, 0) is 6.18 Å². The number of H-pyrrole nitrogens is 1. The molecule has 0 spiro atoms. The van der Waals surface area contributed by atoms with Gasteiger partial charge in [-0.1, -0.05) is 0 Å². The average molecular weight is 280 g/mol. The molecule has 0 unspecified atom stereocenters. The summed E-state index contributed by atoms with van der Waals surface area (Å²) in [6.45, 7) is 0. The van der Waals surface area contributed by atoms with Crippen molar-refractivity contribution in [3.05, 3.63) is 47.2 Å². The molecule has 1 heterocycles. The molecule has 0 saturated heterocycles. The lowest BCUT2D eigenvalue weighted by molar-refractivity contribution is -0.137. The Labute approximate surface area is 111 Å². The van der Waals surface area contributed by atoms with Crippen LogP contribution in [0.2, 0.25) is 0 Å². The zero-order valence-electron chi connectivity index (χ0n) is 9.82. The van der Waals surface area contributed by atoms with Crippen molar-refractivity contribution < 1.29 is 18.0 Å². The van der Waals surface area contributed by atoms with E-state index in [0.717, 1.165) is 24.3 Å². The summed E-state index contributed by atoms with van der Waals surface area (Å²) in [5.74, 6) is -0.545. The van der Waals surface area contributed by atoms with Gasteiger partial charge in [-0.25, -0.2) is 0 Å². The second-order valence-corrected chi connectivity index (χ2v) is 3.80. The molecule has 0 atom stereocenters. The average Bonchev–Trinajstić information content (AvgIpc) is 2.85. The van der Waals surface area contributed by atoms with Gasteiger partial charge in [0.1, 0.15) is 17.5 Å². The number of anilines is 1. The highest BCUT2D eigenvalue weighted by molar-refractivity contribution is 6.04. The predicted molar refractivity (Wildman–Crippen MR) is 62.7 cm³/mol. The molecule has 0 fully saturated rings. The number of rotatable bonds is 2. The Morgan fingerprint density at radius 3 is 2.50 bits per heavy atom. The van der Waals surface area contributed by atoms with E-state index in [1.807, 2.05) is 0 Å². The molecule has 5 nitrogen and oxygen atoms in total. The van der Waals surface area contributed by atoms with Crippen molar-refractivity contribution in [1.29, 1.82) is 5.26 Å². The van der Waals surface area contributed by atoms with Crippen molar-refractivity contribution in [2.75, 3.05) is 5.32 Å². The van der Waals surface area contributed by atoms with Crippen molar-refractivity contribution in [2.45, 2.75) is 6.18 Å². The Kier molecular flexibility index (Phi) is 3.43. The molecule has 102 valence electrons. The number of carbonyl (C=O) groups excluding carboxylic acids is 1. The van der Waals surface area contributed by atoms with Crippen LogP contribution in [0.1, 0.15) is 21.5 Å². The van der Waals surface area contributed by atoms with Gasteiger partial charge in [-0.15, -0.1) is 0 Å². The molecule has 20 heavy (non-hydrogen) atoms. The number of aromatic amines is 1. The van der Waals surface area contributed by atoms with Gasteiger partial charge < -0.3 is 5.32 Å². The third-order valence-corrected chi connectivity index (χ3v) is 2.47. The Hall–Kier alpha value is -2.82. The summed E-state index contributed by atoms with van der Waals surface area (Å²) in [6.07, 6.45) is -3.23. The number of halogens is 3. The second-order valence-electron chi connectivity index (χ2n) is 3.80. The van der Waals surface area contributed by atoms with E-state index in [2.05, 4.69) is 15.5 Å². The Morgan fingerprint density at radius 1 is 1.30 bits per heavy atom. The molecule has 0 saturated carbocycles. The number of nitrogens with one attached hydrogen (secondary N) is 2. The molecule has 1 aromatic heterocycles. The fourth-order valence-electron chi connectivity index (χ4n) is 1.46. The van der Waals surface area contributed by atoms with Crippen LogP contribution in [0.3, 0.4) is 0 Å². The van der Waals surface area contributed by atoms with Gasteiger partial charge in [0, 0.05) is 5.56 Å². The molecule has 0 aliphatic carbocycles. The molecular weight excluding hydrogens is 273 g/mol. The quantitative estimate of drug-likeness (QED) is 0.886. The highest BCUT2D eigenvalue weighted by Crippen LogP contribution is 2.29. The summed E-state index contributed by atoms with van der Waals surface area (Å²) < 4.78 is 37.1. The zero-order valence-corrected chi connectivity index (χ0v) is 9.82. The molecule has 0 aliphatic heterocycles. The van der Waals surface area contributed by atoms with Gasteiger partial charge in [0.25, 0.3) is 5.91 Å². The lowest BCUT2D eigenvalue weighted by atomic mass is 10.1. The molecule has 2 rings (SSSR count). The maximum atomic E-state index is 12.4. The van der Waals surface area contributed by atoms with Crippen LogP contribution in [0.15, 0.2) is 30.5 Å². The summed E-state index contributed by atoms with van der Waals surface area (Å²) in [4.78, 5) is 11.8. The summed E-state index contributed by atoms with van der Waals surface area (Å²) >= 11 is 0. The van der Waals surface area contributed by atoms with E-state index in [1.165, 1.54) is 6.20 Å². The second kappa shape index (κ2) is 5.05. The van der Waals surface area contributed by atoms with Crippen molar-refractivity contribution in [3.63, 3.8) is 0 Å². The Balaban J connectivity index is 2.17. The number of amides is 1. The molecule has 0 radical (unpaired) electrons. The molecule has 1 aromatic carbocycles. The fraction of sp³-hybridized carbons (Fsp3) is 0.0833. The van der Waals surface area contributed by atoms with Crippen LogP contribution < -0.4 is 5.32 Å². The van der Waals surface area contributed by atoms with Crippen LogP contribution in [0, 0.1) is 11.3 Å². The lowest BCUT2D eigenvalue weighted by Crippen LogP contribution is -2.13. The minimum Gasteiger partial charge on any atom is -0.306 e. The first-order valence-electron chi connectivity index (χ1n) is 5.34. The smallest absolute Gasteiger partial charge is 0.306 e. The largest absolute Gasteiger partial charge is 0.416 e. The molecule has 0 aliphatic rings. The van der Waals surface area contributed by atoms with E-state index in [0.29, 0.717) is 0 Å². The minimum absolute atomic E-state index is 0.0384. The molecule has 2 aromatic rings. The van der Waals surface area contributed by atoms with Gasteiger partial charge in [0.05, 0.1) is 11.8 Å². The standard InChI is InChI=1S/C12H7F3N4O/c13-12(14,15)9-3-1-7(2-4-9)11(20)18-10-8(5-16)6-17-19-10/h1-4,6H,(H2,17,18,19,20). The van der Waals surface area contributed by atoms with E-state index in [1.54, 1.807) is 6.07 Å². The molecule has 1 amide bonds. The summed E-state index contributed by atoms with van der Waals surface area (Å²) in [5, 5.41) is 17.1. The van der Waals surface area contributed by atoms with Crippen molar-refractivity contribution >= 4 is 11.7 Å². The first-order chi connectivity index (χ1) is 9.41. The third kappa shape index (κ3) is 2.77. The zero-order chi connectivity index (χ0) is 14.8. The van der Waals surface area contributed by atoms with Crippen molar-refractivity contribution in [3.8, 4) is 6.07 Å². The maximum Gasteiger partial charge on any atom is 0.416 e. The SMILES string of the molecule is N#Cc1cn[nH]c1NC(=O)c1ccc(C(F)(F)F)cc1. The number of aromatic nitrogens is 2. The number of hydrogen-bond acceptors (Lipinski definition) is 3. The number of hydrogen-bond donors (Lipinski definition) is 2. The monoisotopic (exact) mass is 280 g/mol. The van der Waals surface area contributed by atoms with Gasteiger partial charge in [0.15, 0.2) is 0 Å².